The van der Waals surface area contributed by atoms with E-state index in [0.717, 1.165) is 0 Å². The van der Waals surface area contributed by atoms with Gasteiger partial charge in [0.2, 0.25) is 5.91 Å². The SMILES string of the molecule is COc1ccc(S(=O)(=O)CCC(=O)Nc2ccc(C(C)C)cc2)cc1OC. The maximum Gasteiger partial charge on any atom is 0.225 e. The van der Waals surface area contributed by atoms with Gasteiger partial charge in [-0.3, -0.25) is 4.79 Å². The first-order valence-corrected chi connectivity index (χ1v) is 10.3. The molecule has 27 heavy (non-hydrogen) atoms. The molecular formula is C20H25NO5S. The van der Waals surface area contributed by atoms with E-state index in [-0.39, 0.29) is 23.0 Å². The highest BCUT2D eigenvalue weighted by atomic mass is 32.2. The second kappa shape index (κ2) is 8.90. The van der Waals surface area contributed by atoms with Crippen LogP contribution in [0, 0.1) is 0 Å². The summed E-state index contributed by atoms with van der Waals surface area (Å²) in [7, 11) is -0.707. The highest BCUT2D eigenvalue weighted by Gasteiger charge is 2.19. The Balaban J connectivity index is 2.01. The van der Waals surface area contributed by atoms with Gasteiger partial charge in [0.25, 0.3) is 0 Å². The van der Waals surface area contributed by atoms with E-state index in [1.807, 2.05) is 24.3 Å². The fourth-order valence-corrected chi connectivity index (χ4v) is 3.78. The van der Waals surface area contributed by atoms with Gasteiger partial charge >= 0.3 is 0 Å². The van der Waals surface area contributed by atoms with Crippen LogP contribution in [0.1, 0.15) is 31.7 Å². The second-order valence-electron chi connectivity index (χ2n) is 6.41. The predicted octanol–water partition coefficient (Wildman–Crippen LogP) is 3.63. The van der Waals surface area contributed by atoms with Crippen LogP contribution in [0.2, 0.25) is 0 Å². The van der Waals surface area contributed by atoms with Gasteiger partial charge in [-0.2, -0.15) is 0 Å². The first-order valence-electron chi connectivity index (χ1n) is 8.61. The number of amides is 1. The average molecular weight is 391 g/mol. The molecule has 0 atom stereocenters. The van der Waals surface area contributed by atoms with Crippen LogP contribution in [0.4, 0.5) is 5.69 Å². The molecule has 0 bridgehead atoms. The molecule has 2 rings (SSSR count). The van der Waals surface area contributed by atoms with Crippen molar-refractivity contribution >= 4 is 21.4 Å². The Morgan fingerprint density at radius 2 is 1.63 bits per heavy atom. The number of sulfone groups is 1. The molecule has 0 spiro atoms. The van der Waals surface area contributed by atoms with Crippen molar-refractivity contribution in [3.8, 4) is 11.5 Å². The Morgan fingerprint density at radius 1 is 1.00 bits per heavy atom. The van der Waals surface area contributed by atoms with Gasteiger partial charge in [0.1, 0.15) is 0 Å². The number of hydrogen-bond donors (Lipinski definition) is 1. The lowest BCUT2D eigenvalue weighted by atomic mass is 10.0. The van der Waals surface area contributed by atoms with E-state index in [2.05, 4.69) is 19.2 Å². The Kier molecular flexibility index (Phi) is 6.85. The molecule has 0 aliphatic heterocycles. The molecule has 0 unspecified atom stereocenters. The summed E-state index contributed by atoms with van der Waals surface area (Å²) >= 11 is 0. The van der Waals surface area contributed by atoms with Crippen LogP contribution in [-0.4, -0.2) is 34.3 Å². The van der Waals surface area contributed by atoms with Crippen LogP contribution >= 0.6 is 0 Å². The van der Waals surface area contributed by atoms with Gasteiger partial charge in [-0.1, -0.05) is 26.0 Å². The molecule has 0 fully saturated rings. The molecule has 0 aromatic heterocycles. The molecule has 0 heterocycles. The van der Waals surface area contributed by atoms with Crippen LogP contribution in [-0.2, 0) is 14.6 Å². The Hall–Kier alpha value is -2.54. The molecule has 2 aromatic carbocycles. The summed E-state index contributed by atoms with van der Waals surface area (Å²) in [4.78, 5) is 12.2. The fourth-order valence-electron chi connectivity index (χ4n) is 2.53. The van der Waals surface area contributed by atoms with Crippen LogP contribution in [0.15, 0.2) is 47.4 Å². The highest BCUT2D eigenvalue weighted by Crippen LogP contribution is 2.30. The molecule has 1 N–H and O–H groups in total. The first kappa shape index (κ1) is 20.8. The number of carbonyl (C=O) groups excluding carboxylic acids is 1. The van der Waals surface area contributed by atoms with Crippen LogP contribution < -0.4 is 14.8 Å². The van der Waals surface area contributed by atoms with E-state index in [0.29, 0.717) is 23.1 Å². The highest BCUT2D eigenvalue weighted by molar-refractivity contribution is 7.91. The lowest BCUT2D eigenvalue weighted by Gasteiger charge is -2.11. The zero-order valence-electron chi connectivity index (χ0n) is 16.0. The van der Waals surface area contributed by atoms with Gasteiger partial charge in [0, 0.05) is 18.2 Å². The lowest BCUT2D eigenvalue weighted by Crippen LogP contribution is -2.17. The Bertz CT molecular complexity index is 889. The second-order valence-corrected chi connectivity index (χ2v) is 8.52. The van der Waals surface area contributed by atoms with Crippen molar-refractivity contribution in [2.75, 3.05) is 25.3 Å². The fraction of sp³-hybridized carbons (Fsp3) is 0.350. The van der Waals surface area contributed by atoms with E-state index >= 15 is 0 Å². The summed E-state index contributed by atoms with van der Waals surface area (Å²) in [6.45, 7) is 4.18. The number of nitrogens with one attached hydrogen (secondary N) is 1. The number of anilines is 1. The molecule has 0 aliphatic carbocycles. The average Bonchev–Trinajstić information content (AvgIpc) is 2.66. The van der Waals surface area contributed by atoms with Crippen molar-refractivity contribution in [2.45, 2.75) is 31.1 Å². The molecule has 7 heteroatoms. The molecular weight excluding hydrogens is 366 g/mol. The number of benzene rings is 2. The van der Waals surface area contributed by atoms with Gasteiger partial charge < -0.3 is 14.8 Å². The van der Waals surface area contributed by atoms with Crippen molar-refractivity contribution in [1.29, 1.82) is 0 Å². The smallest absolute Gasteiger partial charge is 0.225 e. The van der Waals surface area contributed by atoms with Crippen molar-refractivity contribution in [1.82, 2.24) is 0 Å². The minimum atomic E-state index is -3.62. The summed E-state index contributed by atoms with van der Waals surface area (Å²) in [6, 6.07) is 11.9. The first-order chi connectivity index (χ1) is 12.8. The van der Waals surface area contributed by atoms with Crippen molar-refractivity contribution in [3.63, 3.8) is 0 Å². The maximum atomic E-state index is 12.5. The molecule has 2 aromatic rings. The van der Waals surface area contributed by atoms with Crippen LogP contribution in [0.5, 0.6) is 11.5 Å². The summed E-state index contributed by atoms with van der Waals surface area (Å²) in [6.07, 6.45) is -0.136. The maximum absolute atomic E-state index is 12.5. The predicted molar refractivity (Wildman–Crippen MR) is 105 cm³/mol. The van der Waals surface area contributed by atoms with E-state index in [1.54, 1.807) is 0 Å². The van der Waals surface area contributed by atoms with Gasteiger partial charge in [-0.15, -0.1) is 0 Å². The van der Waals surface area contributed by atoms with Crippen LogP contribution in [0.25, 0.3) is 0 Å². The number of carbonyl (C=O) groups is 1. The molecule has 0 saturated heterocycles. The quantitative estimate of drug-likeness (QED) is 0.743. The van der Waals surface area contributed by atoms with Gasteiger partial charge in [0.05, 0.1) is 24.9 Å². The molecule has 146 valence electrons. The monoisotopic (exact) mass is 391 g/mol. The molecule has 6 nitrogen and oxygen atoms in total. The van der Waals surface area contributed by atoms with Crippen molar-refractivity contribution < 1.29 is 22.7 Å². The normalized spacial score (nSPS) is 11.3. The van der Waals surface area contributed by atoms with Crippen LogP contribution in [0.3, 0.4) is 0 Å². The zero-order valence-corrected chi connectivity index (χ0v) is 16.8. The lowest BCUT2D eigenvalue weighted by molar-refractivity contribution is -0.115. The van der Waals surface area contributed by atoms with Crippen molar-refractivity contribution in [3.05, 3.63) is 48.0 Å². The molecule has 1 amide bonds. The van der Waals surface area contributed by atoms with Crippen molar-refractivity contribution in [2.24, 2.45) is 0 Å². The molecule has 0 saturated carbocycles. The van der Waals surface area contributed by atoms with Gasteiger partial charge in [0.15, 0.2) is 21.3 Å². The minimum absolute atomic E-state index is 0.0919. The Morgan fingerprint density at radius 3 is 2.19 bits per heavy atom. The van der Waals surface area contributed by atoms with Gasteiger partial charge in [-0.05, 0) is 35.7 Å². The van der Waals surface area contributed by atoms with E-state index in [4.69, 9.17) is 9.47 Å². The Labute approximate surface area is 160 Å². The number of hydrogen-bond acceptors (Lipinski definition) is 5. The third-order valence-electron chi connectivity index (χ3n) is 4.17. The summed E-state index contributed by atoms with van der Waals surface area (Å²) in [5.41, 5.74) is 1.82. The van der Waals surface area contributed by atoms with E-state index in [1.165, 1.54) is 38.0 Å². The number of methoxy groups -OCH3 is 2. The summed E-state index contributed by atoms with van der Waals surface area (Å²) < 4.78 is 35.2. The minimum Gasteiger partial charge on any atom is -0.493 e. The summed E-state index contributed by atoms with van der Waals surface area (Å²) in [5.74, 6) is 0.531. The standard InChI is InChI=1S/C20H25NO5S/c1-14(2)15-5-7-16(8-6-15)21-20(22)11-12-27(23,24)17-9-10-18(25-3)19(13-17)26-4/h5-10,13-14H,11-12H2,1-4H3,(H,21,22). The number of rotatable bonds is 8. The third kappa shape index (κ3) is 5.47. The third-order valence-corrected chi connectivity index (χ3v) is 5.89. The summed E-state index contributed by atoms with van der Waals surface area (Å²) in [5, 5.41) is 2.72. The number of ether oxygens (including phenoxy) is 2. The molecule has 0 aliphatic rings. The topological polar surface area (TPSA) is 81.7 Å². The van der Waals surface area contributed by atoms with Gasteiger partial charge in [-0.25, -0.2) is 8.42 Å². The molecule has 0 radical (unpaired) electrons. The van der Waals surface area contributed by atoms with E-state index < -0.39 is 9.84 Å². The largest absolute Gasteiger partial charge is 0.493 e. The zero-order chi connectivity index (χ0) is 20.0. The van der Waals surface area contributed by atoms with E-state index in [9.17, 15) is 13.2 Å².